The number of fused-ring (bicyclic) bond motifs is 2. The third-order valence-corrected chi connectivity index (χ3v) is 6.13. The molecule has 0 aliphatic heterocycles. The van der Waals surface area contributed by atoms with Crippen molar-refractivity contribution in [3.8, 4) is 0 Å². The van der Waals surface area contributed by atoms with Crippen molar-refractivity contribution < 1.29 is 9.21 Å². The van der Waals surface area contributed by atoms with E-state index in [1.54, 1.807) is 10.6 Å². The first-order valence-electron chi connectivity index (χ1n) is 11.2. The molecule has 0 saturated heterocycles. The predicted molar refractivity (Wildman–Crippen MR) is 121 cm³/mol. The molecule has 2 aromatic carbocycles. The molecule has 4 aromatic rings. The summed E-state index contributed by atoms with van der Waals surface area (Å²) in [4.78, 5) is 24.7. The summed E-state index contributed by atoms with van der Waals surface area (Å²) in [6, 6.07) is 17.6. The largest absolute Gasteiger partial charge is 0.419 e. The molecule has 7 nitrogen and oxygen atoms in total. The van der Waals surface area contributed by atoms with Crippen molar-refractivity contribution in [1.29, 1.82) is 0 Å². The topological polar surface area (TPSA) is 82.1 Å². The van der Waals surface area contributed by atoms with Crippen LogP contribution in [0.25, 0.3) is 11.1 Å². The molecule has 164 valence electrons. The van der Waals surface area contributed by atoms with Gasteiger partial charge in [-0.3, -0.25) is 14.0 Å². The Labute approximate surface area is 185 Å². The highest BCUT2D eigenvalue weighted by atomic mass is 16.4. The number of amides is 1. The SMILES string of the molecule is O=C(CCCn1c(=O)oc2ccccc21)NC1CCCc2c1cnn2Cc1ccccc1. The Balaban J connectivity index is 1.20. The minimum atomic E-state index is -0.380. The number of aryl methyl sites for hydroxylation is 1. The third-order valence-electron chi connectivity index (χ3n) is 6.13. The van der Waals surface area contributed by atoms with E-state index >= 15 is 0 Å². The zero-order valence-corrected chi connectivity index (χ0v) is 17.9. The molecule has 32 heavy (non-hydrogen) atoms. The lowest BCUT2D eigenvalue weighted by molar-refractivity contribution is -0.122. The van der Waals surface area contributed by atoms with E-state index in [4.69, 9.17) is 4.42 Å². The normalized spacial score (nSPS) is 15.6. The second kappa shape index (κ2) is 8.86. The second-order valence-electron chi connectivity index (χ2n) is 8.29. The van der Waals surface area contributed by atoms with Gasteiger partial charge in [-0.05, 0) is 43.4 Å². The fraction of sp³-hybridized carbons (Fsp3) is 0.320. The van der Waals surface area contributed by atoms with Gasteiger partial charge in [-0.2, -0.15) is 5.10 Å². The van der Waals surface area contributed by atoms with E-state index in [1.807, 2.05) is 42.6 Å². The Morgan fingerprint density at radius 1 is 1.12 bits per heavy atom. The van der Waals surface area contributed by atoms with Crippen molar-refractivity contribution in [2.75, 3.05) is 0 Å². The summed E-state index contributed by atoms with van der Waals surface area (Å²) in [7, 11) is 0. The molecule has 0 spiro atoms. The standard InChI is InChI=1S/C25H26N4O3/c30-24(14-7-15-28-22-11-4-5-13-23(22)32-25(28)31)27-20-10-6-12-21-19(20)16-26-29(21)17-18-8-2-1-3-9-18/h1-5,8-9,11,13,16,20H,6-7,10,12,14-15,17H2,(H,27,30). The summed E-state index contributed by atoms with van der Waals surface area (Å²) in [5.41, 5.74) is 4.89. The Morgan fingerprint density at radius 3 is 2.81 bits per heavy atom. The molecule has 1 N–H and O–H groups in total. The number of oxazole rings is 1. The Morgan fingerprint density at radius 2 is 1.94 bits per heavy atom. The molecular weight excluding hydrogens is 404 g/mol. The van der Waals surface area contributed by atoms with E-state index in [0.29, 0.717) is 25.0 Å². The Kier molecular flexibility index (Phi) is 5.62. The molecule has 1 aliphatic rings. The summed E-state index contributed by atoms with van der Waals surface area (Å²) in [6.07, 6.45) is 5.75. The van der Waals surface area contributed by atoms with Gasteiger partial charge in [-0.15, -0.1) is 0 Å². The van der Waals surface area contributed by atoms with E-state index in [-0.39, 0.29) is 17.7 Å². The van der Waals surface area contributed by atoms with E-state index in [2.05, 4.69) is 27.2 Å². The van der Waals surface area contributed by atoms with Gasteiger partial charge < -0.3 is 9.73 Å². The molecule has 5 rings (SSSR count). The maximum atomic E-state index is 12.6. The van der Waals surface area contributed by atoms with Gasteiger partial charge in [-0.1, -0.05) is 42.5 Å². The monoisotopic (exact) mass is 430 g/mol. The van der Waals surface area contributed by atoms with Gasteiger partial charge in [0.2, 0.25) is 5.91 Å². The van der Waals surface area contributed by atoms with E-state index in [0.717, 1.165) is 36.9 Å². The molecule has 0 saturated carbocycles. The number of aromatic nitrogens is 3. The summed E-state index contributed by atoms with van der Waals surface area (Å²) in [5.74, 6) is -0.381. The second-order valence-corrected chi connectivity index (χ2v) is 8.29. The molecule has 7 heteroatoms. The Bertz CT molecular complexity index is 1290. The molecular formula is C25H26N4O3. The number of carbonyl (C=O) groups excluding carboxylic acids is 1. The number of carbonyl (C=O) groups is 1. The molecule has 0 radical (unpaired) electrons. The molecule has 0 fully saturated rings. The zero-order valence-electron chi connectivity index (χ0n) is 17.9. The molecule has 2 aromatic heterocycles. The van der Waals surface area contributed by atoms with Crippen molar-refractivity contribution in [3.05, 3.63) is 88.2 Å². The number of nitrogens with one attached hydrogen (secondary N) is 1. The van der Waals surface area contributed by atoms with Crippen molar-refractivity contribution in [1.82, 2.24) is 19.7 Å². The van der Waals surface area contributed by atoms with Crippen LogP contribution >= 0.6 is 0 Å². The van der Waals surface area contributed by atoms with Crippen LogP contribution in [0.2, 0.25) is 0 Å². The number of nitrogens with zero attached hydrogens (tertiary/aromatic N) is 3. The summed E-state index contributed by atoms with van der Waals surface area (Å²) >= 11 is 0. The van der Waals surface area contributed by atoms with Crippen LogP contribution in [0.3, 0.4) is 0 Å². The fourth-order valence-corrected chi connectivity index (χ4v) is 4.55. The quantitative estimate of drug-likeness (QED) is 0.483. The highest BCUT2D eigenvalue weighted by molar-refractivity contribution is 5.76. The van der Waals surface area contributed by atoms with Crippen LogP contribution in [-0.2, 0) is 24.3 Å². The number of rotatable bonds is 7. The Hall–Kier alpha value is -3.61. The first-order valence-corrected chi connectivity index (χ1v) is 11.2. The third kappa shape index (κ3) is 4.10. The van der Waals surface area contributed by atoms with Gasteiger partial charge in [0.25, 0.3) is 0 Å². The van der Waals surface area contributed by atoms with Crippen LogP contribution in [0.5, 0.6) is 0 Å². The highest BCUT2D eigenvalue weighted by Crippen LogP contribution is 2.30. The van der Waals surface area contributed by atoms with Gasteiger partial charge in [0.1, 0.15) is 0 Å². The van der Waals surface area contributed by atoms with Crippen molar-refractivity contribution in [2.24, 2.45) is 0 Å². The summed E-state index contributed by atoms with van der Waals surface area (Å²) < 4.78 is 8.91. The first-order chi connectivity index (χ1) is 15.7. The van der Waals surface area contributed by atoms with E-state index in [9.17, 15) is 9.59 Å². The molecule has 0 bridgehead atoms. The molecule has 2 heterocycles. The first kappa shape index (κ1) is 20.3. The predicted octanol–water partition coefficient (Wildman–Crippen LogP) is 3.81. The van der Waals surface area contributed by atoms with Crippen LogP contribution in [0.1, 0.15) is 48.5 Å². The maximum Gasteiger partial charge on any atom is 0.419 e. The van der Waals surface area contributed by atoms with Crippen LogP contribution in [0.4, 0.5) is 0 Å². The molecule has 1 aliphatic carbocycles. The lowest BCUT2D eigenvalue weighted by atomic mass is 9.92. The minimum absolute atomic E-state index is 0.000455. The maximum absolute atomic E-state index is 12.6. The summed E-state index contributed by atoms with van der Waals surface area (Å²) in [6.45, 7) is 1.19. The zero-order chi connectivity index (χ0) is 21.9. The van der Waals surface area contributed by atoms with Crippen LogP contribution in [-0.4, -0.2) is 20.3 Å². The molecule has 1 amide bonds. The fourth-order valence-electron chi connectivity index (χ4n) is 4.55. The van der Waals surface area contributed by atoms with Gasteiger partial charge >= 0.3 is 5.76 Å². The number of hydrogen-bond donors (Lipinski definition) is 1. The smallest absolute Gasteiger partial charge is 0.408 e. The van der Waals surface area contributed by atoms with Gasteiger partial charge in [0.05, 0.1) is 24.3 Å². The number of benzene rings is 2. The average Bonchev–Trinajstić information content (AvgIpc) is 3.36. The van der Waals surface area contributed by atoms with Gasteiger partial charge in [0, 0.05) is 24.2 Å². The van der Waals surface area contributed by atoms with Crippen molar-refractivity contribution in [3.63, 3.8) is 0 Å². The highest BCUT2D eigenvalue weighted by Gasteiger charge is 2.25. The van der Waals surface area contributed by atoms with Crippen LogP contribution in [0, 0.1) is 0 Å². The average molecular weight is 431 g/mol. The van der Waals surface area contributed by atoms with Gasteiger partial charge in [0.15, 0.2) is 5.58 Å². The lowest BCUT2D eigenvalue weighted by Crippen LogP contribution is -2.31. The minimum Gasteiger partial charge on any atom is -0.408 e. The van der Waals surface area contributed by atoms with Crippen molar-refractivity contribution in [2.45, 2.75) is 51.2 Å². The molecule has 1 unspecified atom stereocenters. The van der Waals surface area contributed by atoms with E-state index in [1.165, 1.54) is 11.3 Å². The van der Waals surface area contributed by atoms with Gasteiger partial charge in [-0.25, -0.2) is 4.79 Å². The number of para-hydroxylation sites is 2. The summed E-state index contributed by atoms with van der Waals surface area (Å²) in [5, 5.41) is 7.78. The van der Waals surface area contributed by atoms with Crippen LogP contribution in [0.15, 0.2) is 70.0 Å². The lowest BCUT2D eigenvalue weighted by Gasteiger charge is -2.24. The number of hydrogen-bond acceptors (Lipinski definition) is 4. The van der Waals surface area contributed by atoms with Crippen molar-refractivity contribution >= 4 is 17.0 Å². The van der Waals surface area contributed by atoms with Crippen LogP contribution < -0.4 is 11.1 Å². The van der Waals surface area contributed by atoms with E-state index < -0.39 is 0 Å². The molecule has 1 atom stereocenters.